The normalized spacial score (nSPS) is 11.4. The lowest BCUT2D eigenvalue weighted by molar-refractivity contribution is -0.137. The van der Waals surface area contributed by atoms with Crippen LogP contribution in [-0.2, 0) is 14.4 Å². The van der Waals surface area contributed by atoms with Gasteiger partial charge in [0.1, 0.15) is 6.54 Å². The van der Waals surface area contributed by atoms with E-state index in [1.807, 2.05) is 6.07 Å². The minimum absolute atomic E-state index is 0.118. The van der Waals surface area contributed by atoms with Crippen LogP contribution in [0.25, 0.3) is 0 Å². The van der Waals surface area contributed by atoms with Crippen molar-refractivity contribution in [3.63, 3.8) is 0 Å². The molecule has 20 heavy (non-hydrogen) atoms. The van der Waals surface area contributed by atoms with Crippen molar-refractivity contribution in [2.45, 2.75) is 5.92 Å². The lowest BCUT2D eigenvalue weighted by Crippen LogP contribution is -2.41. The van der Waals surface area contributed by atoms with E-state index in [4.69, 9.17) is 10.8 Å². The molecule has 5 N–H and O–H groups in total. The zero-order chi connectivity index (χ0) is 15.0. The summed E-state index contributed by atoms with van der Waals surface area (Å²) in [5.41, 5.74) is 6.33. The van der Waals surface area contributed by atoms with Gasteiger partial charge >= 0.3 is 5.97 Å². The van der Waals surface area contributed by atoms with Crippen LogP contribution in [0.5, 0.6) is 0 Å². The van der Waals surface area contributed by atoms with Crippen molar-refractivity contribution in [1.29, 1.82) is 0 Å². The van der Waals surface area contributed by atoms with Gasteiger partial charge in [-0.2, -0.15) is 0 Å². The molecule has 1 aromatic carbocycles. The van der Waals surface area contributed by atoms with E-state index in [-0.39, 0.29) is 19.0 Å². The van der Waals surface area contributed by atoms with Crippen LogP contribution in [0.1, 0.15) is 11.5 Å². The Balaban J connectivity index is 2.48. The molecule has 0 aliphatic heterocycles. The Hall–Kier alpha value is -2.41. The average Bonchev–Trinajstić information content (AvgIpc) is 2.45. The Morgan fingerprint density at radius 2 is 1.75 bits per heavy atom. The van der Waals surface area contributed by atoms with Crippen LogP contribution < -0.4 is 16.4 Å². The van der Waals surface area contributed by atoms with E-state index in [9.17, 15) is 14.4 Å². The maximum Gasteiger partial charge on any atom is 0.322 e. The van der Waals surface area contributed by atoms with E-state index >= 15 is 0 Å². The van der Waals surface area contributed by atoms with Crippen molar-refractivity contribution in [3.05, 3.63) is 35.9 Å². The Morgan fingerprint density at radius 1 is 1.10 bits per heavy atom. The molecule has 0 saturated heterocycles. The van der Waals surface area contributed by atoms with Crippen molar-refractivity contribution >= 4 is 17.8 Å². The molecule has 0 aliphatic carbocycles. The summed E-state index contributed by atoms with van der Waals surface area (Å²) in [7, 11) is 0. The summed E-state index contributed by atoms with van der Waals surface area (Å²) in [4.78, 5) is 33.5. The quantitative estimate of drug-likeness (QED) is 0.512. The Bertz CT molecular complexity index is 476. The summed E-state index contributed by atoms with van der Waals surface area (Å²) in [6, 6.07) is 8.98. The molecule has 0 radical (unpaired) electrons. The van der Waals surface area contributed by atoms with Gasteiger partial charge in [-0.25, -0.2) is 0 Å². The van der Waals surface area contributed by atoms with E-state index in [1.54, 1.807) is 24.3 Å². The second-order valence-electron chi connectivity index (χ2n) is 4.09. The fourth-order valence-corrected chi connectivity index (χ4v) is 1.61. The first-order valence-corrected chi connectivity index (χ1v) is 6.05. The first-order chi connectivity index (χ1) is 9.54. The molecule has 0 bridgehead atoms. The van der Waals surface area contributed by atoms with Gasteiger partial charge in [-0.3, -0.25) is 14.4 Å². The number of hydrogen-bond acceptors (Lipinski definition) is 4. The van der Waals surface area contributed by atoms with Crippen LogP contribution in [0.3, 0.4) is 0 Å². The third kappa shape index (κ3) is 5.07. The predicted octanol–water partition coefficient (Wildman–Crippen LogP) is -0.954. The Kier molecular flexibility index (Phi) is 6.18. The van der Waals surface area contributed by atoms with Crippen molar-refractivity contribution in [3.8, 4) is 0 Å². The van der Waals surface area contributed by atoms with E-state index in [0.717, 1.165) is 5.56 Å². The number of carbonyl (C=O) groups is 3. The third-order valence-corrected chi connectivity index (χ3v) is 2.61. The number of hydrogen-bond donors (Lipinski definition) is 4. The highest BCUT2D eigenvalue weighted by Crippen LogP contribution is 2.13. The number of nitrogens with one attached hydrogen (secondary N) is 2. The van der Waals surface area contributed by atoms with Gasteiger partial charge in [-0.15, -0.1) is 0 Å². The van der Waals surface area contributed by atoms with Gasteiger partial charge in [0.2, 0.25) is 11.8 Å². The fraction of sp³-hybridized carbons (Fsp3) is 0.308. The van der Waals surface area contributed by atoms with Crippen molar-refractivity contribution < 1.29 is 19.5 Å². The molecule has 0 heterocycles. The molecular formula is C13H17N3O4. The van der Waals surface area contributed by atoms with E-state index in [1.165, 1.54) is 0 Å². The molecule has 7 nitrogen and oxygen atoms in total. The molecule has 1 unspecified atom stereocenters. The van der Waals surface area contributed by atoms with E-state index < -0.39 is 24.3 Å². The fourth-order valence-electron chi connectivity index (χ4n) is 1.61. The van der Waals surface area contributed by atoms with Crippen LogP contribution in [0.15, 0.2) is 30.3 Å². The van der Waals surface area contributed by atoms with E-state index in [2.05, 4.69) is 10.6 Å². The molecule has 108 valence electrons. The lowest BCUT2D eigenvalue weighted by atomic mass is 9.98. The molecule has 1 atom stereocenters. The first-order valence-electron chi connectivity index (χ1n) is 6.05. The first kappa shape index (κ1) is 15.6. The van der Waals surface area contributed by atoms with Gasteiger partial charge in [0.05, 0.1) is 12.5 Å². The third-order valence-electron chi connectivity index (χ3n) is 2.61. The highest BCUT2D eigenvalue weighted by molar-refractivity contribution is 5.89. The number of rotatable bonds is 7. The van der Waals surface area contributed by atoms with Crippen molar-refractivity contribution in [2.24, 2.45) is 5.73 Å². The van der Waals surface area contributed by atoms with E-state index in [0.29, 0.717) is 0 Å². The highest BCUT2D eigenvalue weighted by atomic mass is 16.4. The second kappa shape index (κ2) is 7.90. The number of aliphatic carboxylic acids is 1. The van der Waals surface area contributed by atoms with Crippen molar-refractivity contribution in [2.75, 3.05) is 19.6 Å². The van der Waals surface area contributed by atoms with Gasteiger partial charge in [0, 0.05) is 6.54 Å². The molecule has 0 fully saturated rings. The zero-order valence-electron chi connectivity index (χ0n) is 10.8. The summed E-state index contributed by atoms with van der Waals surface area (Å²) >= 11 is 0. The van der Waals surface area contributed by atoms with Gasteiger partial charge in [-0.1, -0.05) is 30.3 Å². The lowest BCUT2D eigenvalue weighted by Gasteiger charge is -2.15. The van der Waals surface area contributed by atoms with Gasteiger partial charge < -0.3 is 21.5 Å². The number of carbonyl (C=O) groups excluding carboxylic acids is 2. The van der Waals surface area contributed by atoms with Crippen LogP contribution in [0.2, 0.25) is 0 Å². The maximum atomic E-state index is 11.9. The van der Waals surface area contributed by atoms with Gasteiger partial charge in [-0.05, 0) is 5.56 Å². The van der Waals surface area contributed by atoms with Gasteiger partial charge in [0.15, 0.2) is 0 Å². The molecule has 7 heteroatoms. The highest BCUT2D eigenvalue weighted by Gasteiger charge is 2.19. The second-order valence-corrected chi connectivity index (χ2v) is 4.09. The Labute approximate surface area is 116 Å². The number of carboxylic acids is 1. The molecule has 2 amide bonds. The van der Waals surface area contributed by atoms with Crippen LogP contribution in [0.4, 0.5) is 0 Å². The SMILES string of the molecule is NCC(C(=O)NCC(=O)NCC(=O)O)c1ccccc1. The summed E-state index contributed by atoms with van der Waals surface area (Å²) < 4.78 is 0. The summed E-state index contributed by atoms with van der Waals surface area (Å²) in [6.45, 7) is -0.643. The molecule has 0 aliphatic rings. The number of carboxylic acid groups (broad SMARTS) is 1. The zero-order valence-corrected chi connectivity index (χ0v) is 10.8. The monoisotopic (exact) mass is 279 g/mol. The summed E-state index contributed by atoms with van der Waals surface area (Å²) in [6.07, 6.45) is 0. The van der Waals surface area contributed by atoms with Crippen LogP contribution in [-0.4, -0.2) is 42.5 Å². The number of benzene rings is 1. The topological polar surface area (TPSA) is 122 Å². The standard InChI is InChI=1S/C13H17N3O4/c14-6-10(9-4-2-1-3-5-9)13(20)16-7-11(17)15-8-12(18)19/h1-5,10H,6-8,14H2,(H,15,17)(H,16,20)(H,18,19). The molecule has 0 spiro atoms. The predicted molar refractivity (Wildman–Crippen MR) is 71.9 cm³/mol. The molecule has 1 aromatic rings. The van der Waals surface area contributed by atoms with Crippen LogP contribution >= 0.6 is 0 Å². The molecular weight excluding hydrogens is 262 g/mol. The summed E-state index contributed by atoms with van der Waals surface area (Å²) in [5.74, 6) is -2.62. The van der Waals surface area contributed by atoms with Crippen molar-refractivity contribution in [1.82, 2.24) is 10.6 Å². The minimum Gasteiger partial charge on any atom is -0.480 e. The molecule has 1 rings (SSSR count). The molecule has 0 saturated carbocycles. The van der Waals surface area contributed by atoms with Gasteiger partial charge in [0.25, 0.3) is 0 Å². The van der Waals surface area contributed by atoms with Crippen LogP contribution in [0, 0.1) is 0 Å². The number of amides is 2. The Morgan fingerprint density at radius 3 is 2.30 bits per heavy atom. The minimum atomic E-state index is -1.14. The largest absolute Gasteiger partial charge is 0.480 e. The maximum absolute atomic E-state index is 11.9. The smallest absolute Gasteiger partial charge is 0.322 e. The number of nitrogens with two attached hydrogens (primary N) is 1. The summed E-state index contributed by atoms with van der Waals surface area (Å²) in [5, 5.41) is 13.0. The average molecular weight is 279 g/mol. The molecule has 0 aromatic heterocycles.